The number of rotatable bonds is 6. The van der Waals surface area contributed by atoms with E-state index in [0.29, 0.717) is 12.8 Å². The van der Waals surface area contributed by atoms with E-state index in [4.69, 9.17) is 4.42 Å². The van der Waals surface area contributed by atoms with Crippen LogP contribution in [-0.2, 0) is 11.2 Å². The maximum Gasteiger partial charge on any atom is 0.221 e. The summed E-state index contributed by atoms with van der Waals surface area (Å²) in [5.41, 5.74) is 2.11. The normalized spacial score (nSPS) is 11.9. The molecule has 1 aromatic heterocycles. The van der Waals surface area contributed by atoms with Crippen molar-refractivity contribution in [3.8, 4) is 0 Å². The zero-order chi connectivity index (χ0) is 16.8. The second kappa shape index (κ2) is 7.97. The molecule has 24 heavy (non-hydrogen) atoms. The highest BCUT2D eigenvalue weighted by molar-refractivity contribution is 9.10. The van der Waals surface area contributed by atoms with Gasteiger partial charge in [-0.2, -0.15) is 0 Å². The lowest BCUT2D eigenvalue weighted by atomic mass is 9.98. The number of benzene rings is 2. The maximum absolute atomic E-state index is 12.4. The van der Waals surface area contributed by atoms with E-state index in [2.05, 4.69) is 21.2 Å². The Morgan fingerprint density at radius 2 is 1.67 bits per heavy atom. The summed E-state index contributed by atoms with van der Waals surface area (Å²) in [6.07, 6.45) is 2.62. The summed E-state index contributed by atoms with van der Waals surface area (Å²) in [5, 5.41) is 3.14. The van der Waals surface area contributed by atoms with Crippen molar-refractivity contribution in [2.24, 2.45) is 0 Å². The van der Waals surface area contributed by atoms with Gasteiger partial charge in [-0.25, -0.2) is 0 Å². The smallest absolute Gasteiger partial charge is 0.221 e. The van der Waals surface area contributed by atoms with Crippen LogP contribution in [0.2, 0.25) is 0 Å². The Labute approximate surface area is 149 Å². The second-order valence-electron chi connectivity index (χ2n) is 5.54. The van der Waals surface area contributed by atoms with Crippen LogP contribution in [0.4, 0.5) is 0 Å². The average Bonchev–Trinajstić information content (AvgIpc) is 3.13. The van der Waals surface area contributed by atoms with E-state index in [1.54, 1.807) is 6.26 Å². The number of carbonyl (C=O) groups excluding carboxylic acids is 1. The van der Waals surface area contributed by atoms with Crippen LogP contribution in [0.3, 0.4) is 0 Å². The molecule has 3 rings (SSSR count). The molecular formula is C20H18BrNO2. The van der Waals surface area contributed by atoms with Crippen molar-refractivity contribution in [2.75, 3.05) is 0 Å². The van der Waals surface area contributed by atoms with Crippen LogP contribution in [-0.4, -0.2) is 5.91 Å². The van der Waals surface area contributed by atoms with Crippen LogP contribution in [0.15, 0.2) is 81.9 Å². The average molecular weight is 384 g/mol. The van der Waals surface area contributed by atoms with Crippen LogP contribution >= 0.6 is 15.9 Å². The van der Waals surface area contributed by atoms with E-state index in [1.807, 2.05) is 66.7 Å². The third-order valence-corrected chi connectivity index (χ3v) is 4.35. The Kier molecular flexibility index (Phi) is 5.49. The zero-order valence-corrected chi connectivity index (χ0v) is 14.7. The minimum absolute atomic E-state index is 0.00294. The topological polar surface area (TPSA) is 42.2 Å². The standard InChI is InChI=1S/C20H18BrNO2/c21-17-10-8-16(9-11-17)20(15-5-2-1-3-6-15)22-19(23)13-12-18-7-4-14-24-18/h1-11,14,20H,12-13H2,(H,22,23). The molecule has 1 heterocycles. The number of hydrogen-bond donors (Lipinski definition) is 1. The van der Waals surface area contributed by atoms with Gasteiger partial charge < -0.3 is 9.73 Å². The molecule has 0 fully saturated rings. The van der Waals surface area contributed by atoms with Crippen molar-refractivity contribution in [1.29, 1.82) is 0 Å². The number of nitrogens with one attached hydrogen (secondary N) is 1. The molecule has 0 saturated heterocycles. The fourth-order valence-electron chi connectivity index (χ4n) is 2.58. The molecule has 1 amide bonds. The maximum atomic E-state index is 12.4. The Morgan fingerprint density at radius 3 is 2.33 bits per heavy atom. The number of aryl methyl sites for hydroxylation is 1. The van der Waals surface area contributed by atoms with Gasteiger partial charge in [-0.3, -0.25) is 4.79 Å². The van der Waals surface area contributed by atoms with Gasteiger partial charge in [0.2, 0.25) is 5.91 Å². The molecule has 1 unspecified atom stereocenters. The largest absolute Gasteiger partial charge is 0.469 e. The third kappa shape index (κ3) is 4.36. The molecule has 1 N–H and O–H groups in total. The first-order valence-corrected chi connectivity index (χ1v) is 8.64. The highest BCUT2D eigenvalue weighted by atomic mass is 79.9. The molecule has 0 bridgehead atoms. The lowest BCUT2D eigenvalue weighted by Crippen LogP contribution is -2.29. The van der Waals surface area contributed by atoms with Gasteiger partial charge in [0, 0.05) is 17.3 Å². The van der Waals surface area contributed by atoms with Crippen LogP contribution in [0.5, 0.6) is 0 Å². The lowest BCUT2D eigenvalue weighted by Gasteiger charge is -2.20. The first kappa shape index (κ1) is 16.5. The SMILES string of the molecule is O=C(CCc1ccco1)NC(c1ccccc1)c1ccc(Br)cc1. The van der Waals surface area contributed by atoms with Gasteiger partial charge in [-0.05, 0) is 35.4 Å². The summed E-state index contributed by atoms with van der Waals surface area (Å²) in [4.78, 5) is 12.4. The van der Waals surface area contributed by atoms with E-state index in [-0.39, 0.29) is 11.9 Å². The van der Waals surface area contributed by atoms with Crippen LogP contribution < -0.4 is 5.32 Å². The fourth-order valence-corrected chi connectivity index (χ4v) is 2.85. The number of halogens is 1. The molecular weight excluding hydrogens is 366 g/mol. The van der Waals surface area contributed by atoms with Gasteiger partial charge in [0.1, 0.15) is 5.76 Å². The Balaban J connectivity index is 1.74. The van der Waals surface area contributed by atoms with Crippen molar-refractivity contribution in [2.45, 2.75) is 18.9 Å². The summed E-state index contributed by atoms with van der Waals surface area (Å²) in [6.45, 7) is 0. The first-order valence-electron chi connectivity index (χ1n) is 7.84. The molecule has 3 aromatic rings. The summed E-state index contributed by atoms with van der Waals surface area (Å²) in [5.74, 6) is 0.827. The van der Waals surface area contributed by atoms with Crippen LogP contribution in [0.25, 0.3) is 0 Å². The molecule has 0 aliphatic rings. The minimum atomic E-state index is -0.164. The van der Waals surface area contributed by atoms with Gasteiger partial charge in [-0.1, -0.05) is 58.4 Å². The minimum Gasteiger partial charge on any atom is -0.469 e. The summed E-state index contributed by atoms with van der Waals surface area (Å²) in [7, 11) is 0. The number of carbonyl (C=O) groups is 1. The monoisotopic (exact) mass is 383 g/mol. The van der Waals surface area contributed by atoms with Crippen LogP contribution in [0.1, 0.15) is 29.3 Å². The molecule has 3 nitrogen and oxygen atoms in total. The van der Waals surface area contributed by atoms with Gasteiger partial charge in [0.15, 0.2) is 0 Å². The van der Waals surface area contributed by atoms with Gasteiger partial charge in [0.05, 0.1) is 12.3 Å². The third-order valence-electron chi connectivity index (χ3n) is 3.82. The van der Waals surface area contributed by atoms with Crippen molar-refractivity contribution in [3.05, 3.63) is 94.4 Å². The molecule has 122 valence electrons. The van der Waals surface area contributed by atoms with Crippen molar-refractivity contribution in [3.63, 3.8) is 0 Å². The Hall–Kier alpha value is -2.33. The summed E-state index contributed by atoms with van der Waals surface area (Å²) >= 11 is 3.45. The zero-order valence-electron chi connectivity index (χ0n) is 13.1. The highest BCUT2D eigenvalue weighted by Crippen LogP contribution is 2.24. The van der Waals surface area contributed by atoms with E-state index >= 15 is 0 Å². The molecule has 1 atom stereocenters. The quantitative estimate of drug-likeness (QED) is 0.658. The first-order chi connectivity index (χ1) is 11.7. The predicted octanol–water partition coefficient (Wildman–Crippen LogP) is 4.88. The fraction of sp³-hybridized carbons (Fsp3) is 0.150. The molecule has 4 heteroatoms. The number of furan rings is 1. The molecule has 0 radical (unpaired) electrons. The Bertz CT molecular complexity index is 767. The van der Waals surface area contributed by atoms with E-state index in [0.717, 1.165) is 21.4 Å². The van der Waals surface area contributed by atoms with E-state index in [9.17, 15) is 4.79 Å². The summed E-state index contributed by atoms with van der Waals surface area (Å²) in [6, 6.07) is 21.6. The molecule has 0 aliphatic heterocycles. The number of hydrogen-bond acceptors (Lipinski definition) is 2. The Morgan fingerprint density at radius 1 is 0.958 bits per heavy atom. The van der Waals surface area contributed by atoms with Crippen molar-refractivity contribution < 1.29 is 9.21 Å². The summed E-state index contributed by atoms with van der Waals surface area (Å²) < 4.78 is 6.30. The van der Waals surface area contributed by atoms with E-state index < -0.39 is 0 Å². The predicted molar refractivity (Wildman–Crippen MR) is 97.6 cm³/mol. The number of amides is 1. The van der Waals surface area contributed by atoms with Gasteiger partial charge in [-0.15, -0.1) is 0 Å². The van der Waals surface area contributed by atoms with Crippen molar-refractivity contribution in [1.82, 2.24) is 5.32 Å². The van der Waals surface area contributed by atoms with Gasteiger partial charge in [0.25, 0.3) is 0 Å². The van der Waals surface area contributed by atoms with Crippen molar-refractivity contribution >= 4 is 21.8 Å². The van der Waals surface area contributed by atoms with Gasteiger partial charge >= 0.3 is 0 Å². The van der Waals surface area contributed by atoms with E-state index in [1.165, 1.54) is 0 Å². The molecule has 2 aromatic carbocycles. The lowest BCUT2D eigenvalue weighted by molar-refractivity contribution is -0.121. The molecule has 0 saturated carbocycles. The second-order valence-corrected chi connectivity index (χ2v) is 6.46. The van der Waals surface area contributed by atoms with Crippen LogP contribution in [0, 0.1) is 0 Å². The molecule has 0 aliphatic carbocycles. The highest BCUT2D eigenvalue weighted by Gasteiger charge is 2.16. The molecule has 0 spiro atoms.